The predicted molar refractivity (Wildman–Crippen MR) is 228 cm³/mol. The van der Waals surface area contributed by atoms with Gasteiger partial charge >= 0.3 is 12.1 Å². The van der Waals surface area contributed by atoms with Crippen LogP contribution in [0.3, 0.4) is 0 Å². The Morgan fingerprint density at radius 2 is 1.12 bits per heavy atom. The van der Waals surface area contributed by atoms with E-state index in [2.05, 4.69) is 42.5 Å². The second-order valence-corrected chi connectivity index (χ2v) is 19.6. The summed E-state index contributed by atoms with van der Waals surface area (Å²) in [6, 6.07) is 0.728. The number of aliphatic hydroxyl groups excluding tert-OH is 2. The average molecular weight is 883 g/mol. The van der Waals surface area contributed by atoms with Crippen molar-refractivity contribution >= 4 is 71.8 Å². The third kappa shape index (κ3) is 14.8. The number of unbranched alkanes of at least 4 members (excludes halogenated alkanes) is 2. The van der Waals surface area contributed by atoms with Crippen LogP contribution in [0.1, 0.15) is 104 Å². The Labute approximate surface area is 360 Å². The van der Waals surface area contributed by atoms with Gasteiger partial charge in [0.05, 0.1) is 47.2 Å². The summed E-state index contributed by atoms with van der Waals surface area (Å²) in [6.07, 6.45) is 7.76. The van der Waals surface area contributed by atoms with E-state index in [9.17, 15) is 48.6 Å². The minimum atomic E-state index is -1.01. The third-order valence-corrected chi connectivity index (χ3v) is 15.0. The SMILES string of the molecule is CC(CC=O)(CC=O)C(=O)NCCCNC(=O)CCCCC1SC[C@@H]2NC(=O)N[C@H]12.CC1(C(=O)NCCCNC(=O)CCCCC2SC[C@@H]3NC(=O)N[C@H]23)CC(O)C(O)C1. The zero-order chi connectivity index (χ0) is 43.7. The van der Waals surface area contributed by atoms with Gasteiger partial charge in [-0.05, 0) is 58.3 Å². The van der Waals surface area contributed by atoms with Gasteiger partial charge in [-0.1, -0.05) is 19.8 Å². The van der Waals surface area contributed by atoms with Crippen LogP contribution in [0.25, 0.3) is 0 Å². The van der Waals surface area contributed by atoms with Crippen molar-refractivity contribution in [3.8, 4) is 0 Å². The molecule has 5 fully saturated rings. The van der Waals surface area contributed by atoms with E-state index in [4.69, 9.17) is 0 Å². The zero-order valence-corrected chi connectivity index (χ0v) is 36.5. The van der Waals surface area contributed by atoms with Gasteiger partial charge < -0.3 is 62.3 Å². The number of amides is 8. The number of nitrogens with one attached hydrogen (secondary N) is 8. The van der Waals surface area contributed by atoms with Gasteiger partial charge in [0, 0.05) is 73.9 Å². The quantitative estimate of drug-likeness (QED) is 0.0358. The highest BCUT2D eigenvalue weighted by Crippen LogP contribution is 2.38. The molecular weight excluding hydrogens is 817 g/mol. The summed E-state index contributed by atoms with van der Waals surface area (Å²) >= 11 is 3.76. The lowest BCUT2D eigenvalue weighted by Crippen LogP contribution is -2.40. The number of aldehydes is 2. The van der Waals surface area contributed by atoms with Gasteiger partial charge in [-0.15, -0.1) is 0 Å². The van der Waals surface area contributed by atoms with E-state index in [0.29, 0.717) is 74.9 Å². The number of carbonyl (C=O) groups excluding carboxylic acids is 8. The molecule has 0 aromatic rings. The number of fused-ring (bicyclic) bond motifs is 2. The van der Waals surface area contributed by atoms with E-state index in [1.807, 2.05) is 23.5 Å². The molecule has 0 bridgehead atoms. The Balaban J connectivity index is 0.000000265. The fourth-order valence-electron chi connectivity index (χ4n) is 8.29. The summed E-state index contributed by atoms with van der Waals surface area (Å²) in [5.41, 5.74) is -1.75. The van der Waals surface area contributed by atoms with E-state index in [1.165, 1.54) is 0 Å². The molecule has 0 spiro atoms. The lowest BCUT2D eigenvalue weighted by Gasteiger charge is -2.23. The Hall–Kier alpha value is -3.62. The number of hydrogen-bond acceptors (Lipinski definition) is 12. The van der Waals surface area contributed by atoms with Gasteiger partial charge in [-0.3, -0.25) is 19.2 Å². The first-order chi connectivity index (χ1) is 28.7. The Kier molecular flexibility index (Phi) is 19.7. The van der Waals surface area contributed by atoms with E-state index >= 15 is 0 Å². The van der Waals surface area contributed by atoms with Crippen LogP contribution in [0, 0.1) is 10.8 Å². The summed E-state index contributed by atoms with van der Waals surface area (Å²) < 4.78 is 0. The molecule has 1 aliphatic carbocycles. The van der Waals surface area contributed by atoms with E-state index in [0.717, 1.165) is 50.0 Å². The van der Waals surface area contributed by atoms with Gasteiger partial charge in [0.1, 0.15) is 12.6 Å². The molecule has 4 saturated heterocycles. The molecule has 20 heteroatoms. The molecule has 8 atom stereocenters. The van der Waals surface area contributed by atoms with Gasteiger partial charge in [-0.25, -0.2) is 9.59 Å². The highest BCUT2D eigenvalue weighted by molar-refractivity contribution is 8.00. The predicted octanol–water partition coefficient (Wildman–Crippen LogP) is 0.376. The normalized spacial score (nSPS) is 28.7. The first-order valence-corrected chi connectivity index (χ1v) is 23.5. The summed E-state index contributed by atoms with van der Waals surface area (Å²) in [4.78, 5) is 92.6. The lowest BCUT2D eigenvalue weighted by atomic mass is 9.83. The van der Waals surface area contributed by atoms with Crippen molar-refractivity contribution in [1.82, 2.24) is 42.5 Å². The van der Waals surface area contributed by atoms with Crippen LogP contribution in [0.2, 0.25) is 0 Å². The van der Waals surface area contributed by atoms with Crippen LogP contribution in [-0.4, -0.2) is 143 Å². The van der Waals surface area contributed by atoms with Crippen molar-refractivity contribution in [2.45, 2.75) is 151 Å². The third-order valence-electron chi connectivity index (χ3n) is 12.0. The molecule has 4 heterocycles. The number of urea groups is 2. The van der Waals surface area contributed by atoms with Crippen LogP contribution in [0.4, 0.5) is 9.59 Å². The van der Waals surface area contributed by atoms with Gasteiger partial charge in [0.2, 0.25) is 23.6 Å². The van der Waals surface area contributed by atoms with Crippen molar-refractivity contribution in [2.75, 3.05) is 37.7 Å². The summed E-state index contributed by atoms with van der Waals surface area (Å²) in [5, 5.41) is 43.2. The largest absolute Gasteiger partial charge is 0.390 e. The molecule has 0 radical (unpaired) electrons. The number of thioether (sulfide) groups is 2. The smallest absolute Gasteiger partial charge is 0.315 e. The Bertz CT molecular complexity index is 1490. The molecule has 60 heavy (non-hydrogen) atoms. The molecule has 4 unspecified atom stereocenters. The Morgan fingerprint density at radius 1 is 0.683 bits per heavy atom. The fraction of sp³-hybridized carbons (Fsp3) is 0.800. The van der Waals surface area contributed by atoms with Crippen LogP contribution >= 0.6 is 23.5 Å². The molecule has 4 aliphatic heterocycles. The first-order valence-electron chi connectivity index (χ1n) is 21.4. The molecule has 338 valence electrons. The molecule has 8 amide bonds. The number of hydrogen-bond donors (Lipinski definition) is 10. The second-order valence-electron chi connectivity index (χ2n) is 17.1. The first kappa shape index (κ1) is 49.0. The maximum Gasteiger partial charge on any atom is 0.315 e. The lowest BCUT2D eigenvalue weighted by molar-refractivity contribution is -0.134. The maximum atomic E-state index is 12.3. The van der Waals surface area contributed by atoms with Crippen LogP contribution in [0.5, 0.6) is 0 Å². The van der Waals surface area contributed by atoms with Gasteiger partial charge in [0.25, 0.3) is 0 Å². The van der Waals surface area contributed by atoms with Crippen LogP contribution in [-0.2, 0) is 28.8 Å². The minimum absolute atomic E-state index is 0.00203. The summed E-state index contributed by atoms with van der Waals surface area (Å²) in [5.74, 6) is 1.41. The molecule has 18 nitrogen and oxygen atoms in total. The average Bonchev–Trinajstić information content (AvgIpc) is 4.00. The van der Waals surface area contributed by atoms with Crippen LogP contribution < -0.4 is 42.5 Å². The standard InChI is InChI=1S/C20H34N4O5S.C20H32N4O5S/c1-20(9-13(25)14(26)10-20)18(28)22-8-4-7-21-16(27)6-3-2-5-15-17-12(11-30-15)23-19(29)24-17;1-20(7-11-25,8-12-26)18(28)22-10-4-9-21-16(27)6-3-2-5-15-17-14(13-30-15)23-19(29)24-17/h12-15,17,25-26H,2-11H2,1H3,(H,21,27)(H,22,28)(H2,23,24,29);11-12,14-15,17H,2-10,13H2,1H3,(H,21,27)(H,22,28)(H2,23,24,29)/t12-,13?,14?,15?,17-,20?;14-,15?,17-/m00/s1. The van der Waals surface area contributed by atoms with Gasteiger partial charge in [0.15, 0.2) is 0 Å². The number of carbonyl (C=O) groups is 8. The molecule has 5 rings (SSSR count). The highest BCUT2D eigenvalue weighted by Gasteiger charge is 2.46. The van der Waals surface area contributed by atoms with E-state index < -0.39 is 23.0 Å². The van der Waals surface area contributed by atoms with Crippen molar-refractivity contribution in [3.05, 3.63) is 0 Å². The van der Waals surface area contributed by atoms with Crippen LogP contribution in [0.15, 0.2) is 0 Å². The Morgan fingerprint density at radius 3 is 1.57 bits per heavy atom. The van der Waals surface area contributed by atoms with E-state index in [1.54, 1.807) is 13.8 Å². The molecule has 0 aromatic carbocycles. The molecule has 5 aliphatic rings. The molecular formula is C40H66N8O10S2. The fourth-order valence-corrected chi connectivity index (χ4v) is 11.4. The van der Waals surface area contributed by atoms with Gasteiger partial charge in [-0.2, -0.15) is 23.5 Å². The monoisotopic (exact) mass is 882 g/mol. The molecule has 10 N–H and O–H groups in total. The van der Waals surface area contributed by atoms with E-state index in [-0.39, 0.29) is 85.5 Å². The zero-order valence-electron chi connectivity index (χ0n) is 34.9. The van der Waals surface area contributed by atoms with Crippen molar-refractivity contribution in [3.63, 3.8) is 0 Å². The van der Waals surface area contributed by atoms with Crippen molar-refractivity contribution in [1.29, 1.82) is 0 Å². The summed E-state index contributed by atoms with van der Waals surface area (Å²) in [7, 11) is 0. The summed E-state index contributed by atoms with van der Waals surface area (Å²) in [6.45, 7) is 5.12. The number of rotatable bonds is 24. The highest BCUT2D eigenvalue weighted by atomic mass is 32.2. The van der Waals surface area contributed by atoms with Crippen molar-refractivity contribution < 1.29 is 48.6 Å². The minimum Gasteiger partial charge on any atom is -0.390 e. The molecule has 0 aromatic heterocycles. The molecule has 1 saturated carbocycles. The maximum absolute atomic E-state index is 12.3. The second kappa shape index (κ2) is 24.1. The van der Waals surface area contributed by atoms with Crippen molar-refractivity contribution in [2.24, 2.45) is 10.8 Å². The topological polar surface area (TPSA) is 273 Å². The number of aliphatic hydroxyl groups is 2.